The molecule has 1 aromatic carbocycles. The molecule has 0 saturated carbocycles. The van der Waals surface area contributed by atoms with E-state index >= 15 is 0 Å². The molecule has 78 valence electrons. The van der Waals surface area contributed by atoms with E-state index in [1.165, 1.54) is 6.92 Å². The SMILES string of the molecule is CC(=O)C(C#N)(CCCl)c1ccccc1. The molecule has 0 radical (unpaired) electrons. The van der Waals surface area contributed by atoms with E-state index < -0.39 is 5.41 Å². The van der Waals surface area contributed by atoms with Crippen LogP contribution in [0.3, 0.4) is 0 Å². The average molecular weight is 222 g/mol. The molecule has 0 spiro atoms. The van der Waals surface area contributed by atoms with Crippen LogP contribution in [0.4, 0.5) is 0 Å². The standard InChI is InChI=1S/C12H12ClNO/c1-10(15)12(9-14,7-8-13)11-5-3-2-4-6-11/h2-6H,7-8H2,1H3. The van der Waals surface area contributed by atoms with Crippen molar-refractivity contribution in [2.24, 2.45) is 0 Å². The summed E-state index contributed by atoms with van der Waals surface area (Å²) < 4.78 is 0. The first kappa shape index (κ1) is 11.7. The van der Waals surface area contributed by atoms with Crippen molar-refractivity contribution in [2.45, 2.75) is 18.8 Å². The summed E-state index contributed by atoms with van der Waals surface area (Å²) in [6.45, 7) is 1.43. The average Bonchev–Trinajstić information content (AvgIpc) is 2.26. The van der Waals surface area contributed by atoms with Crippen molar-refractivity contribution in [3.8, 4) is 6.07 Å². The maximum absolute atomic E-state index is 11.6. The van der Waals surface area contributed by atoms with Gasteiger partial charge in [-0.1, -0.05) is 30.3 Å². The minimum atomic E-state index is -1.08. The van der Waals surface area contributed by atoms with Gasteiger partial charge >= 0.3 is 0 Å². The van der Waals surface area contributed by atoms with Gasteiger partial charge in [-0.05, 0) is 18.9 Å². The lowest BCUT2D eigenvalue weighted by molar-refractivity contribution is -0.120. The molecule has 1 atom stereocenters. The zero-order chi connectivity index (χ0) is 11.3. The molecule has 0 N–H and O–H groups in total. The summed E-state index contributed by atoms with van der Waals surface area (Å²) in [5, 5.41) is 9.20. The third-order valence-electron chi connectivity index (χ3n) is 2.53. The lowest BCUT2D eigenvalue weighted by Gasteiger charge is -2.22. The Balaban J connectivity index is 3.23. The van der Waals surface area contributed by atoms with E-state index in [1.807, 2.05) is 18.2 Å². The van der Waals surface area contributed by atoms with Crippen molar-refractivity contribution in [2.75, 3.05) is 5.88 Å². The molecule has 2 nitrogen and oxygen atoms in total. The summed E-state index contributed by atoms with van der Waals surface area (Å²) >= 11 is 5.66. The van der Waals surface area contributed by atoms with Crippen LogP contribution in [-0.2, 0) is 10.2 Å². The van der Waals surface area contributed by atoms with E-state index in [-0.39, 0.29) is 5.78 Å². The van der Waals surface area contributed by atoms with Gasteiger partial charge in [0.2, 0.25) is 0 Å². The highest BCUT2D eigenvalue weighted by molar-refractivity contribution is 6.18. The first-order valence-corrected chi connectivity index (χ1v) is 5.24. The summed E-state index contributed by atoms with van der Waals surface area (Å²) in [7, 11) is 0. The molecule has 1 aromatic rings. The smallest absolute Gasteiger partial charge is 0.154 e. The number of rotatable bonds is 4. The number of hydrogen-bond donors (Lipinski definition) is 0. The number of nitriles is 1. The molecule has 0 aliphatic heterocycles. The summed E-state index contributed by atoms with van der Waals surface area (Å²) in [6, 6.07) is 11.2. The molecule has 1 rings (SSSR count). The molecule has 0 bridgehead atoms. The number of carbonyl (C=O) groups is 1. The predicted molar refractivity (Wildman–Crippen MR) is 59.8 cm³/mol. The second-order valence-corrected chi connectivity index (χ2v) is 3.76. The Labute approximate surface area is 94.5 Å². The van der Waals surface area contributed by atoms with Gasteiger partial charge in [0, 0.05) is 5.88 Å². The van der Waals surface area contributed by atoms with Crippen molar-refractivity contribution in [1.29, 1.82) is 5.26 Å². The highest BCUT2D eigenvalue weighted by atomic mass is 35.5. The van der Waals surface area contributed by atoms with Crippen molar-refractivity contribution >= 4 is 17.4 Å². The highest BCUT2D eigenvalue weighted by Crippen LogP contribution is 2.28. The van der Waals surface area contributed by atoms with Gasteiger partial charge in [-0.25, -0.2) is 0 Å². The Morgan fingerprint density at radius 3 is 2.47 bits per heavy atom. The van der Waals surface area contributed by atoms with Crippen LogP contribution in [0.1, 0.15) is 18.9 Å². The highest BCUT2D eigenvalue weighted by Gasteiger charge is 2.36. The molecule has 0 aliphatic rings. The van der Waals surface area contributed by atoms with Crippen molar-refractivity contribution in [3.05, 3.63) is 35.9 Å². The van der Waals surface area contributed by atoms with E-state index in [1.54, 1.807) is 12.1 Å². The van der Waals surface area contributed by atoms with Crippen LogP contribution in [-0.4, -0.2) is 11.7 Å². The number of Topliss-reactive ketones (excluding diaryl/α,β-unsaturated/α-hetero) is 1. The van der Waals surface area contributed by atoms with Crippen LogP contribution in [0, 0.1) is 11.3 Å². The van der Waals surface area contributed by atoms with Gasteiger partial charge in [-0.2, -0.15) is 5.26 Å². The van der Waals surface area contributed by atoms with Crippen LogP contribution >= 0.6 is 11.6 Å². The van der Waals surface area contributed by atoms with Crippen LogP contribution in [0.15, 0.2) is 30.3 Å². The summed E-state index contributed by atoms with van der Waals surface area (Å²) in [5.74, 6) is 0.138. The molecule has 0 amide bonds. The quantitative estimate of drug-likeness (QED) is 0.734. The Morgan fingerprint density at radius 2 is 2.07 bits per heavy atom. The molecule has 3 heteroatoms. The van der Waals surface area contributed by atoms with E-state index in [2.05, 4.69) is 6.07 Å². The Morgan fingerprint density at radius 1 is 1.47 bits per heavy atom. The fraction of sp³-hybridized carbons (Fsp3) is 0.333. The molecule has 0 aliphatic carbocycles. The Bertz CT molecular complexity index is 382. The molecular weight excluding hydrogens is 210 g/mol. The number of alkyl halides is 1. The van der Waals surface area contributed by atoms with Gasteiger partial charge in [-0.3, -0.25) is 4.79 Å². The molecule has 0 aromatic heterocycles. The molecule has 0 fully saturated rings. The number of ketones is 1. The minimum absolute atomic E-state index is 0.156. The van der Waals surface area contributed by atoms with Crippen LogP contribution in [0.5, 0.6) is 0 Å². The van der Waals surface area contributed by atoms with Gasteiger partial charge in [0.05, 0.1) is 6.07 Å². The normalized spacial score (nSPS) is 13.9. The summed E-state index contributed by atoms with van der Waals surface area (Å²) in [6.07, 6.45) is 0.352. The zero-order valence-corrected chi connectivity index (χ0v) is 9.29. The summed E-state index contributed by atoms with van der Waals surface area (Å²) in [4.78, 5) is 11.6. The maximum atomic E-state index is 11.6. The van der Waals surface area contributed by atoms with Gasteiger partial charge < -0.3 is 0 Å². The van der Waals surface area contributed by atoms with Crippen LogP contribution in [0.2, 0.25) is 0 Å². The monoisotopic (exact) mass is 221 g/mol. The van der Waals surface area contributed by atoms with Gasteiger partial charge in [0.25, 0.3) is 0 Å². The van der Waals surface area contributed by atoms with Gasteiger partial charge in [0.1, 0.15) is 5.41 Å². The minimum Gasteiger partial charge on any atom is -0.298 e. The Kier molecular flexibility index (Phi) is 3.88. The third kappa shape index (κ3) is 2.19. The van der Waals surface area contributed by atoms with Crippen LogP contribution in [0.25, 0.3) is 0 Å². The van der Waals surface area contributed by atoms with Crippen molar-refractivity contribution < 1.29 is 4.79 Å². The topological polar surface area (TPSA) is 40.9 Å². The largest absolute Gasteiger partial charge is 0.298 e. The number of carbonyl (C=O) groups excluding carboxylic acids is 1. The zero-order valence-electron chi connectivity index (χ0n) is 8.53. The lowest BCUT2D eigenvalue weighted by Crippen LogP contribution is -2.33. The van der Waals surface area contributed by atoms with Gasteiger partial charge in [0.15, 0.2) is 5.78 Å². The second-order valence-electron chi connectivity index (χ2n) is 3.38. The number of benzene rings is 1. The second kappa shape index (κ2) is 4.95. The van der Waals surface area contributed by atoms with Crippen LogP contribution < -0.4 is 0 Å². The predicted octanol–water partition coefficient (Wildman–Crippen LogP) is 2.67. The molecule has 0 heterocycles. The van der Waals surface area contributed by atoms with E-state index in [0.29, 0.717) is 12.3 Å². The molecular formula is C12H12ClNO. The van der Waals surface area contributed by atoms with E-state index in [0.717, 1.165) is 5.56 Å². The van der Waals surface area contributed by atoms with Crippen molar-refractivity contribution in [1.82, 2.24) is 0 Å². The molecule has 15 heavy (non-hydrogen) atoms. The first-order valence-electron chi connectivity index (χ1n) is 4.71. The molecule has 1 unspecified atom stereocenters. The molecule has 0 saturated heterocycles. The van der Waals surface area contributed by atoms with E-state index in [9.17, 15) is 10.1 Å². The third-order valence-corrected chi connectivity index (χ3v) is 2.72. The van der Waals surface area contributed by atoms with E-state index in [4.69, 9.17) is 11.6 Å². The maximum Gasteiger partial charge on any atom is 0.154 e. The number of nitrogens with zero attached hydrogens (tertiary/aromatic N) is 1. The number of hydrogen-bond acceptors (Lipinski definition) is 2. The van der Waals surface area contributed by atoms with Crippen molar-refractivity contribution in [3.63, 3.8) is 0 Å². The van der Waals surface area contributed by atoms with Gasteiger partial charge in [-0.15, -0.1) is 11.6 Å². The number of halogens is 1. The fourth-order valence-corrected chi connectivity index (χ4v) is 1.87. The Hall–Kier alpha value is -1.33. The lowest BCUT2D eigenvalue weighted by atomic mass is 9.76. The first-order chi connectivity index (χ1) is 7.17. The summed E-state index contributed by atoms with van der Waals surface area (Å²) in [5.41, 5.74) is -0.358. The fourth-order valence-electron chi connectivity index (χ4n) is 1.59.